The summed E-state index contributed by atoms with van der Waals surface area (Å²) in [7, 11) is 0. The fourth-order valence-corrected chi connectivity index (χ4v) is 3.74. The van der Waals surface area contributed by atoms with E-state index in [9.17, 15) is 14.7 Å². The molecular formula is C27H52O5. The van der Waals surface area contributed by atoms with Crippen LogP contribution in [0, 0.1) is 5.92 Å². The number of hydrogen-bond donors (Lipinski definition) is 1. The number of rotatable bonds is 23. The monoisotopic (exact) mass is 456 g/mol. The molecule has 0 saturated carbocycles. The summed E-state index contributed by atoms with van der Waals surface area (Å²) >= 11 is 0. The van der Waals surface area contributed by atoms with Gasteiger partial charge in [-0.25, -0.2) is 0 Å². The highest BCUT2D eigenvalue weighted by Crippen LogP contribution is 2.14. The molecule has 0 aliphatic carbocycles. The van der Waals surface area contributed by atoms with Gasteiger partial charge < -0.3 is 14.6 Å². The Morgan fingerprint density at radius 1 is 0.688 bits per heavy atom. The zero-order chi connectivity index (χ0) is 23.9. The Labute approximate surface area is 198 Å². The summed E-state index contributed by atoms with van der Waals surface area (Å²) in [5, 5.41) is 9.36. The summed E-state index contributed by atoms with van der Waals surface area (Å²) in [6, 6.07) is 0. The van der Waals surface area contributed by atoms with Crippen LogP contribution >= 0.6 is 0 Å². The van der Waals surface area contributed by atoms with E-state index in [1.54, 1.807) is 0 Å². The predicted molar refractivity (Wildman–Crippen MR) is 132 cm³/mol. The van der Waals surface area contributed by atoms with Crippen LogP contribution in [0.25, 0.3) is 0 Å². The molecular weight excluding hydrogens is 404 g/mol. The maximum Gasteiger partial charge on any atom is 0.306 e. The van der Waals surface area contributed by atoms with Crippen molar-refractivity contribution in [2.45, 2.75) is 142 Å². The van der Waals surface area contributed by atoms with Crippen LogP contribution in [0.15, 0.2) is 0 Å². The molecule has 5 heteroatoms. The second-order valence-corrected chi connectivity index (χ2v) is 9.61. The lowest BCUT2D eigenvalue weighted by Gasteiger charge is -2.15. The molecule has 0 bridgehead atoms. The largest absolute Gasteiger partial charge is 0.462 e. The van der Waals surface area contributed by atoms with Crippen LogP contribution < -0.4 is 0 Å². The van der Waals surface area contributed by atoms with E-state index < -0.39 is 6.10 Å². The Hall–Kier alpha value is -1.10. The van der Waals surface area contributed by atoms with Gasteiger partial charge in [-0.2, -0.15) is 0 Å². The van der Waals surface area contributed by atoms with Gasteiger partial charge in [-0.3, -0.25) is 9.59 Å². The lowest BCUT2D eigenvalue weighted by molar-refractivity contribution is -0.161. The molecule has 0 aromatic rings. The van der Waals surface area contributed by atoms with E-state index in [-0.39, 0.29) is 25.2 Å². The Balaban J connectivity index is 3.55. The molecule has 0 fully saturated rings. The number of aliphatic hydroxyl groups is 1. The highest BCUT2D eigenvalue weighted by Gasteiger charge is 2.16. The van der Waals surface area contributed by atoms with E-state index in [4.69, 9.17) is 9.47 Å². The predicted octanol–water partition coefficient (Wildman–Crippen LogP) is 7.13. The second kappa shape index (κ2) is 23.1. The Bertz CT molecular complexity index is 436. The molecule has 0 aromatic carbocycles. The first-order valence-electron chi connectivity index (χ1n) is 13.5. The van der Waals surface area contributed by atoms with Crippen LogP contribution in [0.1, 0.15) is 136 Å². The van der Waals surface area contributed by atoms with Gasteiger partial charge in [0.25, 0.3) is 0 Å². The van der Waals surface area contributed by atoms with E-state index in [2.05, 4.69) is 20.8 Å². The van der Waals surface area contributed by atoms with E-state index in [1.165, 1.54) is 64.2 Å². The van der Waals surface area contributed by atoms with Crippen LogP contribution in [0.2, 0.25) is 0 Å². The summed E-state index contributed by atoms with van der Waals surface area (Å²) in [5.41, 5.74) is 0. The highest BCUT2D eigenvalue weighted by atomic mass is 16.6. The van der Waals surface area contributed by atoms with E-state index in [0.717, 1.165) is 44.4 Å². The summed E-state index contributed by atoms with van der Waals surface area (Å²) in [5.74, 6) is 0.225. The summed E-state index contributed by atoms with van der Waals surface area (Å²) in [4.78, 5) is 23.7. The van der Waals surface area contributed by atoms with Gasteiger partial charge in [0.15, 0.2) is 6.10 Å². The van der Waals surface area contributed by atoms with Crippen molar-refractivity contribution in [3.8, 4) is 0 Å². The zero-order valence-corrected chi connectivity index (χ0v) is 21.4. The number of unbranched alkanes of at least 4 members (excludes halogenated alkanes) is 13. The molecule has 0 unspecified atom stereocenters. The maximum absolute atomic E-state index is 11.9. The van der Waals surface area contributed by atoms with Crippen molar-refractivity contribution < 1.29 is 24.2 Å². The molecule has 1 N–H and O–H groups in total. The van der Waals surface area contributed by atoms with E-state index >= 15 is 0 Å². The van der Waals surface area contributed by atoms with Gasteiger partial charge in [-0.05, 0) is 18.8 Å². The zero-order valence-electron chi connectivity index (χ0n) is 21.4. The third-order valence-electron chi connectivity index (χ3n) is 5.83. The molecule has 0 radical (unpaired) electrons. The van der Waals surface area contributed by atoms with Crippen molar-refractivity contribution in [2.75, 3.05) is 13.2 Å². The number of ether oxygens (including phenoxy) is 2. The molecule has 0 aliphatic heterocycles. The second-order valence-electron chi connectivity index (χ2n) is 9.61. The molecule has 5 nitrogen and oxygen atoms in total. The first-order valence-corrected chi connectivity index (χ1v) is 13.5. The average molecular weight is 457 g/mol. The maximum atomic E-state index is 11.9. The molecule has 190 valence electrons. The fraction of sp³-hybridized carbons (Fsp3) is 0.926. The topological polar surface area (TPSA) is 72.8 Å². The molecule has 0 saturated heterocycles. The summed E-state index contributed by atoms with van der Waals surface area (Å²) in [6.07, 6.45) is 19.0. The van der Waals surface area contributed by atoms with Crippen molar-refractivity contribution >= 4 is 11.9 Å². The molecule has 0 spiro atoms. The molecule has 0 aliphatic rings. The number of carbonyl (C=O) groups excluding carboxylic acids is 2. The Kier molecular flexibility index (Phi) is 22.3. The third-order valence-corrected chi connectivity index (χ3v) is 5.83. The van der Waals surface area contributed by atoms with Crippen molar-refractivity contribution in [1.82, 2.24) is 0 Å². The standard InChI is InChI=1S/C27H52O5/c1-4-5-6-13-18-21-27(30)32-25(22-28)23-31-26(29)20-17-15-12-10-8-7-9-11-14-16-19-24(2)3/h24-25,28H,4-23H2,1-3H3/t25-/m0/s1. The quantitative estimate of drug-likeness (QED) is 0.131. The number of aliphatic hydroxyl groups excluding tert-OH is 1. The van der Waals surface area contributed by atoms with Gasteiger partial charge in [0, 0.05) is 12.8 Å². The molecule has 1 atom stereocenters. The van der Waals surface area contributed by atoms with E-state index in [1.807, 2.05) is 0 Å². The van der Waals surface area contributed by atoms with Crippen LogP contribution in [0.4, 0.5) is 0 Å². The average Bonchev–Trinajstić information content (AvgIpc) is 2.76. The van der Waals surface area contributed by atoms with Crippen LogP contribution in [0.3, 0.4) is 0 Å². The van der Waals surface area contributed by atoms with E-state index in [0.29, 0.717) is 12.8 Å². The third kappa shape index (κ3) is 22.1. The molecule has 0 aromatic heterocycles. The summed E-state index contributed by atoms with van der Waals surface area (Å²) < 4.78 is 10.4. The molecule has 0 amide bonds. The number of esters is 2. The molecule has 32 heavy (non-hydrogen) atoms. The van der Waals surface area contributed by atoms with Crippen molar-refractivity contribution in [3.63, 3.8) is 0 Å². The minimum atomic E-state index is -0.757. The molecule has 0 rings (SSSR count). The van der Waals surface area contributed by atoms with Gasteiger partial charge >= 0.3 is 11.9 Å². The van der Waals surface area contributed by atoms with Crippen molar-refractivity contribution in [1.29, 1.82) is 0 Å². The number of hydrogen-bond acceptors (Lipinski definition) is 5. The first kappa shape index (κ1) is 30.9. The SMILES string of the molecule is CCCCCCCC(=O)O[C@@H](CO)COC(=O)CCCCCCCCCCCCC(C)C. The fourth-order valence-electron chi connectivity index (χ4n) is 3.74. The lowest BCUT2D eigenvalue weighted by atomic mass is 10.0. The van der Waals surface area contributed by atoms with Crippen LogP contribution in [-0.4, -0.2) is 36.4 Å². The van der Waals surface area contributed by atoms with Gasteiger partial charge in [-0.15, -0.1) is 0 Å². The summed E-state index contributed by atoms with van der Waals surface area (Å²) in [6.45, 7) is 6.35. The van der Waals surface area contributed by atoms with Crippen molar-refractivity contribution in [3.05, 3.63) is 0 Å². The highest BCUT2D eigenvalue weighted by molar-refractivity contribution is 5.70. The first-order chi connectivity index (χ1) is 15.5. The lowest BCUT2D eigenvalue weighted by Crippen LogP contribution is -2.28. The number of carbonyl (C=O) groups is 2. The van der Waals surface area contributed by atoms with Crippen LogP contribution in [0.5, 0.6) is 0 Å². The van der Waals surface area contributed by atoms with Gasteiger partial charge in [-0.1, -0.05) is 111 Å². The van der Waals surface area contributed by atoms with Gasteiger partial charge in [0.1, 0.15) is 6.61 Å². The minimum Gasteiger partial charge on any atom is -0.462 e. The minimum absolute atomic E-state index is 0.0614. The smallest absolute Gasteiger partial charge is 0.306 e. The van der Waals surface area contributed by atoms with Crippen LogP contribution in [-0.2, 0) is 19.1 Å². The van der Waals surface area contributed by atoms with Crippen molar-refractivity contribution in [2.24, 2.45) is 5.92 Å². The Morgan fingerprint density at radius 2 is 1.16 bits per heavy atom. The normalized spacial score (nSPS) is 12.2. The van der Waals surface area contributed by atoms with Gasteiger partial charge in [0.05, 0.1) is 6.61 Å². The Morgan fingerprint density at radius 3 is 1.66 bits per heavy atom. The van der Waals surface area contributed by atoms with Gasteiger partial charge in [0.2, 0.25) is 0 Å². The molecule has 0 heterocycles.